The number of rotatable bonds is 10. The third-order valence-corrected chi connectivity index (χ3v) is 5.16. The molecule has 0 bridgehead atoms. The summed E-state index contributed by atoms with van der Waals surface area (Å²) in [4.78, 5) is 36.6. The first kappa shape index (κ1) is 26.9. The molecule has 0 saturated carbocycles. The number of esters is 1. The maximum atomic E-state index is 12.5. The third-order valence-electron chi connectivity index (χ3n) is 5.16. The van der Waals surface area contributed by atoms with Crippen molar-refractivity contribution >= 4 is 29.7 Å². The molecule has 0 aromatic heterocycles. The SMILES string of the molecule is CCCOc1ccc(C(=O)Oc2ccc(/C=N\NC(=O)C(=O)Nc3ccc(CC)cc3)cc2OC)cc1. The number of benzene rings is 3. The molecule has 3 aromatic rings. The highest BCUT2D eigenvalue weighted by Crippen LogP contribution is 2.28. The molecule has 0 saturated heterocycles. The second-order valence-corrected chi connectivity index (χ2v) is 7.88. The molecule has 0 unspecified atom stereocenters. The fourth-order valence-electron chi connectivity index (χ4n) is 3.14. The number of ether oxygens (including phenoxy) is 3. The van der Waals surface area contributed by atoms with Gasteiger partial charge in [-0.3, -0.25) is 9.59 Å². The summed E-state index contributed by atoms with van der Waals surface area (Å²) in [6.45, 7) is 4.64. The second kappa shape index (κ2) is 13.4. The van der Waals surface area contributed by atoms with Gasteiger partial charge in [0.2, 0.25) is 0 Å². The van der Waals surface area contributed by atoms with E-state index < -0.39 is 17.8 Å². The van der Waals surface area contributed by atoms with Crippen molar-refractivity contribution in [3.8, 4) is 17.2 Å². The molecule has 0 fully saturated rings. The highest BCUT2D eigenvalue weighted by atomic mass is 16.6. The van der Waals surface area contributed by atoms with Crippen LogP contribution in [0.1, 0.15) is 41.8 Å². The van der Waals surface area contributed by atoms with E-state index in [1.165, 1.54) is 13.3 Å². The molecule has 0 spiro atoms. The number of methoxy groups -OCH3 is 1. The Morgan fingerprint density at radius 3 is 2.27 bits per heavy atom. The summed E-state index contributed by atoms with van der Waals surface area (Å²) in [5, 5.41) is 6.32. The smallest absolute Gasteiger partial charge is 0.343 e. The van der Waals surface area contributed by atoms with Crippen molar-refractivity contribution in [3.05, 3.63) is 83.4 Å². The molecule has 0 aliphatic heterocycles. The molecule has 0 heterocycles. The van der Waals surface area contributed by atoms with Gasteiger partial charge in [-0.15, -0.1) is 0 Å². The number of hydrogen-bond acceptors (Lipinski definition) is 7. The number of hydrogen-bond donors (Lipinski definition) is 2. The van der Waals surface area contributed by atoms with Crippen molar-refractivity contribution in [3.63, 3.8) is 0 Å². The monoisotopic (exact) mass is 503 g/mol. The average molecular weight is 504 g/mol. The molecule has 9 nitrogen and oxygen atoms in total. The first-order chi connectivity index (χ1) is 17.9. The minimum atomic E-state index is -0.917. The zero-order valence-electron chi connectivity index (χ0n) is 20.9. The fourth-order valence-corrected chi connectivity index (χ4v) is 3.14. The molecule has 0 atom stereocenters. The molecule has 0 aliphatic carbocycles. The van der Waals surface area contributed by atoms with Gasteiger partial charge in [0, 0.05) is 5.69 Å². The van der Waals surface area contributed by atoms with Gasteiger partial charge in [0.25, 0.3) is 0 Å². The largest absolute Gasteiger partial charge is 0.494 e. The van der Waals surface area contributed by atoms with Gasteiger partial charge in [0.05, 0.1) is 25.5 Å². The predicted molar refractivity (Wildman–Crippen MR) is 140 cm³/mol. The molecule has 37 heavy (non-hydrogen) atoms. The van der Waals surface area contributed by atoms with E-state index in [0.717, 1.165) is 18.4 Å². The summed E-state index contributed by atoms with van der Waals surface area (Å²) in [6, 6.07) is 18.6. The second-order valence-electron chi connectivity index (χ2n) is 7.88. The quantitative estimate of drug-likeness (QED) is 0.140. The van der Waals surface area contributed by atoms with Crippen molar-refractivity contribution in [2.24, 2.45) is 5.10 Å². The van der Waals surface area contributed by atoms with Crippen LogP contribution in [0.5, 0.6) is 17.2 Å². The van der Waals surface area contributed by atoms with E-state index in [9.17, 15) is 14.4 Å². The lowest BCUT2D eigenvalue weighted by molar-refractivity contribution is -0.136. The van der Waals surface area contributed by atoms with E-state index in [4.69, 9.17) is 14.2 Å². The zero-order chi connectivity index (χ0) is 26.6. The van der Waals surface area contributed by atoms with Crippen LogP contribution in [0.25, 0.3) is 0 Å². The summed E-state index contributed by atoms with van der Waals surface area (Å²) in [7, 11) is 1.44. The molecule has 2 amide bonds. The number of aryl methyl sites for hydroxylation is 1. The number of nitrogens with zero attached hydrogens (tertiary/aromatic N) is 1. The summed E-state index contributed by atoms with van der Waals surface area (Å²) in [5.41, 5.74) is 4.72. The van der Waals surface area contributed by atoms with E-state index >= 15 is 0 Å². The van der Waals surface area contributed by atoms with Crippen LogP contribution in [0.2, 0.25) is 0 Å². The number of nitrogens with one attached hydrogen (secondary N) is 2. The Kier molecular flexibility index (Phi) is 9.78. The summed E-state index contributed by atoms with van der Waals surface area (Å²) >= 11 is 0. The standard InChI is InChI=1S/C28H29N3O6/c1-4-16-36-23-13-9-21(10-14-23)28(34)37-24-15-8-20(17-25(24)35-3)18-29-31-27(33)26(32)30-22-11-6-19(5-2)7-12-22/h6-15,17-18H,4-5,16H2,1-3H3,(H,30,32)(H,31,33)/b29-18-. The fraction of sp³-hybridized carbons (Fsp3) is 0.214. The van der Waals surface area contributed by atoms with Gasteiger partial charge in [-0.1, -0.05) is 26.0 Å². The maximum Gasteiger partial charge on any atom is 0.343 e. The van der Waals surface area contributed by atoms with Crippen molar-refractivity contribution in [2.75, 3.05) is 19.0 Å². The number of carbonyl (C=O) groups is 3. The average Bonchev–Trinajstić information content (AvgIpc) is 2.93. The minimum Gasteiger partial charge on any atom is -0.494 e. The Morgan fingerprint density at radius 2 is 1.62 bits per heavy atom. The summed E-state index contributed by atoms with van der Waals surface area (Å²) < 4.78 is 16.3. The van der Waals surface area contributed by atoms with Crippen molar-refractivity contribution < 1.29 is 28.6 Å². The van der Waals surface area contributed by atoms with Crippen LogP contribution in [-0.4, -0.2) is 37.7 Å². The molecule has 0 aliphatic rings. The lowest BCUT2D eigenvalue weighted by atomic mass is 10.1. The third kappa shape index (κ3) is 7.93. The minimum absolute atomic E-state index is 0.216. The van der Waals surface area contributed by atoms with Crippen LogP contribution < -0.4 is 25.0 Å². The van der Waals surface area contributed by atoms with Crippen LogP contribution in [0, 0.1) is 0 Å². The van der Waals surface area contributed by atoms with Crippen LogP contribution in [-0.2, 0) is 16.0 Å². The predicted octanol–water partition coefficient (Wildman–Crippen LogP) is 4.35. The Balaban J connectivity index is 1.56. The Morgan fingerprint density at radius 1 is 0.892 bits per heavy atom. The Labute approximate surface area is 215 Å². The Bertz CT molecular complexity index is 1250. The molecule has 3 aromatic carbocycles. The first-order valence-corrected chi connectivity index (χ1v) is 11.8. The maximum absolute atomic E-state index is 12.5. The number of anilines is 1. The van der Waals surface area contributed by atoms with E-state index in [0.29, 0.717) is 34.9 Å². The zero-order valence-corrected chi connectivity index (χ0v) is 20.9. The van der Waals surface area contributed by atoms with E-state index in [1.54, 1.807) is 54.6 Å². The van der Waals surface area contributed by atoms with Gasteiger partial charge in [0.15, 0.2) is 11.5 Å². The highest BCUT2D eigenvalue weighted by Gasteiger charge is 2.14. The molecule has 192 valence electrons. The van der Waals surface area contributed by atoms with Gasteiger partial charge in [0.1, 0.15) is 5.75 Å². The van der Waals surface area contributed by atoms with Crippen LogP contribution in [0.4, 0.5) is 5.69 Å². The van der Waals surface area contributed by atoms with Crippen molar-refractivity contribution in [1.82, 2.24) is 5.43 Å². The molecular weight excluding hydrogens is 474 g/mol. The molecule has 9 heteroatoms. The van der Waals surface area contributed by atoms with Gasteiger partial charge >= 0.3 is 17.8 Å². The number of hydrazone groups is 1. The summed E-state index contributed by atoms with van der Waals surface area (Å²) in [5.74, 6) is -1.13. The van der Waals surface area contributed by atoms with Crippen molar-refractivity contribution in [1.29, 1.82) is 0 Å². The topological polar surface area (TPSA) is 115 Å². The van der Waals surface area contributed by atoms with Crippen molar-refractivity contribution in [2.45, 2.75) is 26.7 Å². The first-order valence-electron chi connectivity index (χ1n) is 11.8. The van der Waals surface area contributed by atoms with Crippen LogP contribution in [0.3, 0.4) is 0 Å². The normalized spacial score (nSPS) is 10.6. The van der Waals surface area contributed by atoms with Gasteiger partial charge in [-0.25, -0.2) is 10.2 Å². The van der Waals surface area contributed by atoms with Crippen LogP contribution in [0.15, 0.2) is 71.8 Å². The summed E-state index contributed by atoms with van der Waals surface area (Å²) in [6.07, 6.45) is 3.10. The lowest BCUT2D eigenvalue weighted by Gasteiger charge is -2.10. The highest BCUT2D eigenvalue weighted by molar-refractivity contribution is 6.39. The van der Waals surface area contributed by atoms with Gasteiger partial charge < -0.3 is 19.5 Å². The molecule has 3 rings (SSSR count). The number of carbonyl (C=O) groups excluding carboxylic acids is 3. The molecular formula is C28H29N3O6. The van der Waals surface area contributed by atoms with Crippen LogP contribution >= 0.6 is 0 Å². The molecule has 2 N–H and O–H groups in total. The lowest BCUT2D eigenvalue weighted by Crippen LogP contribution is -2.32. The van der Waals surface area contributed by atoms with E-state index in [1.807, 2.05) is 26.0 Å². The van der Waals surface area contributed by atoms with Gasteiger partial charge in [-0.05, 0) is 78.6 Å². The van der Waals surface area contributed by atoms with Gasteiger partial charge in [-0.2, -0.15) is 5.10 Å². The molecule has 0 radical (unpaired) electrons. The Hall–Kier alpha value is -4.66. The number of amides is 2. The van der Waals surface area contributed by atoms with E-state index in [-0.39, 0.29) is 5.75 Å². The van der Waals surface area contributed by atoms with E-state index in [2.05, 4.69) is 15.8 Å².